The SMILES string of the molecule is COC(=O)[C@@H]1C[C@H](Oc2ccccc2F)CN1C(=O)c1ccc2nc(C)sc2c1. The van der Waals surface area contributed by atoms with E-state index in [1.165, 1.54) is 35.5 Å². The van der Waals surface area contributed by atoms with Crippen molar-refractivity contribution in [1.82, 2.24) is 9.88 Å². The van der Waals surface area contributed by atoms with Gasteiger partial charge >= 0.3 is 5.97 Å². The average molecular weight is 414 g/mol. The topological polar surface area (TPSA) is 68.7 Å². The van der Waals surface area contributed by atoms with Crippen LogP contribution in [0.4, 0.5) is 4.39 Å². The number of halogens is 1. The number of nitrogens with zero attached hydrogens (tertiary/aromatic N) is 2. The van der Waals surface area contributed by atoms with Gasteiger partial charge in [0.05, 0.1) is 28.9 Å². The number of para-hydroxylation sites is 1. The van der Waals surface area contributed by atoms with Crippen molar-refractivity contribution in [3.63, 3.8) is 0 Å². The van der Waals surface area contributed by atoms with Crippen LogP contribution in [0.5, 0.6) is 5.75 Å². The van der Waals surface area contributed by atoms with Crippen molar-refractivity contribution >= 4 is 33.4 Å². The van der Waals surface area contributed by atoms with Crippen LogP contribution in [0.2, 0.25) is 0 Å². The molecule has 0 spiro atoms. The van der Waals surface area contributed by atoms with Gasteiger partial charge in [-0.25, -0.2) is 14.2 Å². The van der Waals surface area contributed by atoms with Crippen LogP contribution in [-0.2, 0) is 9.53 Å². The molecule has 1 saturated heterocycles. The highest BCUT2D eigenvalue weighted by Crippen LogP contribution is 2.28. The van der Waals surface area contributed by atoms with Crippen molar-refractivity contribution in [1.29, 1.82) is 0 Å². The fourth-order valence-electron chi connectivity index (χ4n) is 3.53. The van der Waals surface area contributed by atoms with Crippen LogP contribution in [0.1, 0.15) is 21.8 Å². The zero-order valence-corrected chi connectivity index (χ0v) is 16.7. The summed E-state index contributed by atoms with van der Waals surface area (Å²) >= 11 is 1.50. The lowest BCUT2D eigenvalue weighted by Crippen LogP contribution is -2.41. The number of thiazole rings is 1. The Bertz CT molecular complexity index is 1080. The molecule has 29 heavy (non-hydrogen) atoms. The fraction of sp³-hybridized carbons (Fsp3) is 0.286. The predicted molar refractivity (Wildman–Crippen MR) is 107 cm³/mol. The van der Waals surface area contributed by atoms with Gasteiger partial charge in [0.25, 0.3) is 5.91 Å². The largest absolute Gasteiger partial charge is 0.485 e. The maximum absolute atomic E-state index is 13.9. The monoisotopic (exact) mass is 414 g/mol. The van der Waals surface area contributed by atoms with E-state index in [0.29, 0.717) is 5.56 Å². The number of likely N-dealkylation sites (tertiary alicyclic amines) is 1. The Labute approximate surface area is 170 Å². The number of esters is 1. The van der Waals surface area contributed by atoms with Crippen LogP contribution >= 0.6 is 11.3 Å². The molecule has 1 fully saturated rings. The van der Waals surface area contributed by atoms with Crippen LogP contribution in [-0.4, -0.2) is 47.6 Å². The molecule has 2 aromatic carbocycles. The van der Waals surface area contributed by atoms with E-state index in [0.717, 1.165) is 15.2 Å². The lowest BCUT2D eigenvalue weighted by atomic mass is 10.1. The Morgan fingerprint density at radius 3 is 2.79 bits per heavy atom. The third kappa shape index (κ3) is 3.80. The molecule has 2 atom stereocenters. The molecule has 0 unspecified atom stereocenters. The molecule has 0 bridgehead atoms. The Hall–Kier alpha value is -3.00. The van der Waals surface area contributed by atoms with Crippen molar-refractivity contribution < 1.29 is 23.5 Å². The molecule has 1 aromatic heterocycles. The van der Waals surface area contributed by atoms with E-state index in [1.807, 2.05) is 6.92 Å². The normalized spacial score (nSPS) is 18.8. The van der Waals surface area contributed by atoms with Gasteiger partial charge in [-0.1, -0.05) is 12.1 Å². The lowest BCUT2D eigenvalue weighted by molar-refractivity contribution is -0.145. The van der Waals surface area contributed by atoms with E-state index < -0.39 is 23.9 Å². The number of amides is 1. The van der Waals surface area contributed by atoms with E-state index >= 15 is 0 Å². The Balaban J connectivity index is 1.59. The number of aryl methyl sites for hydroxylation is 1. The van der Waals surface area contributed by atoms with Gasteiger partial charge in [-0.2, -0.15) is 0 Å². The number of carbonyl (C=O) groups excluding carboxylic acids is 2. The molecule has 1 aliphatic rings. The summed E-state index contributed by atoms with van der Waals surface area (Å²) in [5.41, 5.74) is 1.29. The first-order valence-corrected chi connectivity index (χ1v) is 9.95. The maximum atomic E-state index is 13.9. The molecule has 6 nitrogen and oxygen atoms in total. The van der Waals surface area contributed by atoms with Crippen LogP contribution in [0, 0.1) is 12.7 Å². The number of rotatable bonds is 4. The number of hydrogen-bond donors (Lipinski definition) is 0. The van der Waals surface area contributed by atoms with Gasteiger partial charge in [0.15, 0.2) is 11.6 Å². The molecule has 1 amide bonds. The summed E-state index contributed by atoms with van der Waals surface area (Å²) < 4.78 is 25.5. The third-order valence-corrected chi connectivity index (χ3v) is 5.80. The molecule has 3 aromatic rings. The summed E-state index contributed by atoms with van der Waals surface area (Å²) in [6.45, 7) is 2.07. The second kappa shape index (κ2) is 7.79. The minimum absolute atomic E-state index is 0.0944. The maximum Gasteiger partial charge on any atom is 0.328 e. The molecule has 4 rings (SSSR count). The summed E-state index contributed by atoms with van der Waals surface area (Å²) in [7, 11) is 1.28. The highest BCUT2D eigenvalue weighted by atomic mass is 32.1. The van der Waals surface area contributed by atoms with Gasteiger partial charge in [-0.05, 0) is 37.3 Å². The van der Waals surface area contributed by atoms with Crippen molar-refractivity contribution in [3.05, 3.63) is 58.9 Å². The van der Waals surface area contributed by atoms with E-state index in [2.05, 4.69) is 4.98 Å². The van der Waals surface area contributed by atoms with Crippen LogP contribution in [0.25, 0.3) is 10.2 Å². The molecule has 1 aliphatic heterocycles. The highest BCUT2D eigenvalue weighted by molar-refractivity contribution is 7.18. The lowest BCUT2D eigenvalue weighted by Gasteiger charge is -2.22. The summed E-state index contributed by atoms with van der Waals surface area (Å²) in [4.78, 5) is 31.3. The van der Waals surface area contributed by atoms with Gasteiger partial charge in [-0.15, -0.1) is 11.3 Å². The summed E-state index contributed by atoms with van der Waals surface area (Å²) in [5.74, 6) is -1.21. The fourth-order valence-corrected chi connectivity index (χ4v) is 4.39. The van der Waals surface area contributed by atoms with Gasteiger partial charge in [0.1, 0.15) is 12.1 Å². The number of hydrogen-bond acceptors (Lipinski definition) is 6. The van der Waals surface area contributed by atoms with E-state index in [1.54, 1.807) is 30.3 Å². The van der Waals surface area contributed by atoms with Crippen molar-refractivity contribution in [3.8, 4) is 5.75 Å². The first-order chi connectivity index (χ1) is 14.0. The highest BCUT2D eigenvalue weighted by Gasteiger charge is 2.42. The summed E-state index contributed by atoms with van der Waals surface area (Å²) in [6, 6.07) is 10.5. The number of benzene rings is 2. The molecule has 2 heterocycles. The van der Waals surface area contributed by atoms with Crippen LogP contribution in [0.3, 0.4) is 0 Å². The number of methoxy groups -OCH3 is 1. The van der Waals surface area contributed by atoms with E-state index in [9.17, 15) is 14.0 Å². The summed E-state index contributed by atoms with van der Waals surface area (Å²) in [5, 5.41) is 0.913. The number of ether oxygens (including phenoxy) is 2. The van der Waals surface area contributed by atoms with Crippen molar-refractivity contribution in [2.75, 3.05) is 13.7 Å². The van der Waals surface area contributed by atoms with Gasteiger partial charge < -0.3 is 14.4 Å². The smallest absolute Gasteiger partial charge is 0.328 e. The van der Waals surface area contributed by atoms with E-state index in [4.69, 9.17) is 9.47 Å². The molecular formula is C21H19FN2O4S. The minimum Gasteiger partial charge on any atom is -0.485 e. The standard InChI is InChI=1S/C21H19FN2O4S/c1-12-23-16-8-7-13(9-19(16)29-12)20(25)24-11-14(10-17(24)21(26)27-2)28-18-6-4-3-5-15(18)22/h3-9,14,17H,10-11H2,1-2H3/t14-,17-/m0/s1. The van der Waals surface area contributed by atoms with Crippen LogP contribution in [0.15, 0.2) is 42.5 Å². The molecule has 0 saturated carbocycles. The molecule has 150 valence electrons. The summed E-state index contributed by atoms with van der Waals surface area (Å²) in [6.07, 6.45) is -0.288. The first kappa shape index (κ1) is 19.3. The predicted octanol–water partition coefficient (Wildman–Crippen LogP) is 3.58. The quantitative estimate of drug-likeness (QED) is 0.611. The molecule has 0 N–H and O–H groups in total. The zero-order valence-electron chi connectivity index (χ0n) is 15.9. The first-order valence-electron chi connectivity index (χ1n) is 9.13. The second-order valence-electron chi connectivity index (χ2n) is 6.82. The molecule has 8 heteroatoms. The third-order valence-electron chi connectivity index (χ3n) is 4.87. The number of fused-ring (bicyclic) bond motifs is 1. The Morgan fingerprint density at radius 1 is 1.24 bits per heavy atom. The van der Waals surface area contributed by atoms with Gasteiger partial charge in [0.2, 0.25) is 0 Å². The minimum atomic E-state index is -0.789. The Morgan fingerprint density at radius 2 is 2.03 bits per heavy atom. The molecule has 0 radical (unpaired) electrons. The van der Waals surface area contributed by atoms with Crippen molar-refractivity contribution in [2.45, 2.75) is 25.5 Å². The van der Waals surface area contributed by atoms with Gasteiger partial charge in [0, 0.05) is 12.0 Å². The Kier molecular flexibility index (Phi) is 5.19. The number of carbonyl (C=O) groups is 2. The molecule has 0 aliphatic carbocycles. The van der Waals surface area contributed by atoms with E-state index in [-0.39, 0.29) is 24.6 Å². The van der Waals surface area contributed by atoms with Crippen LogP contribution < -0.4 is 4.74 Å². The second-order valence-corrected chi connectivity index (χ2v) is 8.05. The zero-order chi connectivity index (χ0) is 20.5. The van der Waals surface area contributed by atoms with Gasteiger partial charge in [-0.3, -0.25) is 4.79 Å². The molecular weight excluding hydrogens is 395 g/mol. The van der Waals surface area contributed by atoms with Crippen molar-refractivity contribution in [2.24, 2.45) is 0 Å². The number of aromatic nitrogens is 1. The average Bonchev–Trinajstić information content (AvgIpc) is 3.30.